The van der Waals surface area contributed by atoms with Crippen LogP contribution >= 0.6 is 0 Å². The molecule has 1 aromatic heterocycles. The third kappa shape index (κ3) is 3.17. The first-order valence-corrected chi connectivity index (χ1v) is 8.64. The number of benzene rings is 2. The predicted molar refractivity (Wildman–Crippen MR) is 102 cm³/mol. The largest absolute Gasteiger partial charge is 0.325 e. The van der Waals surface area contributed by atoms with Crippen LogP contribution in [0, 0.1) is 6.92 Å². The van der Waals surface area contributed by atoms with E-state index in [4.69, 9.17) is 0 Å². The first-order chi connectivity index (χ1) is 13.0. The number of amides is 3. The molecule has 2 aromatic carbocycles. The molecular formula is C21H17N3O3. The van der Waals surface area contributed by atoms with Gasteiger partial charge in [0.05, 0.1) is 28.5 Å². The van der Waals surface area contributed by atoms with Crippen molar-refractivity contribution in [3.8, 4) is 0 Å². The van der Waals surface area contributed by atoms with Crippen molar-refractivity contribution in [2.75, 3.05) is 11.9 Å². The van der Waals surface area contributed by atoms with Crippen LogP contribution in [0.3, 0.4) is 0 Å². The van der Waals surface area contributed by atoms with Crippen molar-refractivity contribution in [1.29, 1.82) is 0 Å². The smallest absolute Gasteiger partial charge is 0.261 e. The fourth-order valence-corrected chi connectivity index (χ4v) is 3.18. The van der Waals surface area contributed by atoms with Gasteiger partial charge in [0.2, 0.25) is 5.91 Å². The zero-order chi connectivity index (χ0) is 19.0. The average molecular weight is 359 g/mol. The molecule has 0 atom stereocenters. The second-order valence-corrected chi connectivity index (χ2v) is 6.53. The molecule has 4 rings (SSSR count). The molecule has 1 aliphatic rings. The number of aromatic nitrogens is 1. The van der Waals surface area contributed by atoms with Crippen LogP contribution < -0.4 is 5.32 Å². The summed E-state index contributed by atoms with van der Waals surface area (Å²) >= 11 is 0. The monoisotopic (exact) mass is 359 g/mol. The minimum Gasteiger partial charge on any atom is -0.325 e. The number of para-hydroxylation sites is 1. The predicted octanol–water partition coefficient (Wildman–Crippen LogP) is 3.17. The number of pyridine rings is 1. The van der Waals surface area contributed by atoms with Gasteiger partial charge in [-0.05, 0) is 31.2 Å². The number of hydrogen-bond donors (Lipinski definition) is 1. The van der Waals surface area contributed by atoms with Crippen molar-refractivity contribution in [2.45, 2.75) is 13.3 Å². The number of rotatable bonds is 4. The molecule has 6 heteroatoms. The van der Waals surface area contributed by atoms with Crippen LogP contribution in [-0.4, -0.2) is 34.2 Å². The molecule has 0 bridgehead atoms. The highest BCUT2D eigenvalue weighted by molar-refractivity contribution is 6.21. The Morgan fingerprint density at radius 2 is 1.81 bits per heavy atom. The molecule has 27 heavy (non-hydrogen) atoms. The molecular weight excluding hydrogens is 342 g/mol. The summed E-state index contributed by atoms with van der Waals surface area (Å²) in [5, 5.41) is 3.69. The van der Waals surface area contributed by atoms with Crippen LogP contribution in [0.2, 0.25) is 0 Å². The zero-order valence-corrected chi connectivity index (χ0v) is 14.7. The van der Waals surface area contributed by atoms with Gasteiger partial charge in [-0.25, -0.2) is 0 Å². The summed E-state index contributed by atoms with van der Waals surface area (Å²) < 4.78 is 0. The molecule has 0 unspecified atom stereocenters. The lowest BCUT2D eigenvalue weighted by Crippen LogP contribution is -2.32. The zero-order valence-electron chi connectivity index (χ0n) is 14.7. The summed E-state index contributed by atoms with van der Waals surface area (Å²) in [4.78, 5) is 42.5. The fraction of sp³-hybridized carbons (Fsp3) is 0.143. The maximum Gasteiger partial charge on any atom is 0.261 e. The van der Waals surface area contributed by atoms with Gasteiger partial charge in [-0.1, -0.05) is 29.8 Å². The third-order valence-corrected chi connectivity index (χ3v) is 4.56. The lowest BCUT2D eigenvalue weighted by atomic mass is 10.1. The maximum atomic E-state index is 12.4. The van der Waals surface area contributed by atoms with Gasteiger partial charge in [0.15, 0.2) is 0 Å². The Bertz CT molecular complexity index is 1090. The summed E-state index contributed by atoms with van der Waals surface area (Å²) in [7, 11) is 0. The van der Waals surface area contributed by atoms with Crippen molar-refractivity contribution < 1.29 is 14.4 Å². The van der Waals surface area contributed by atoms with Gasteiger partial charge in [-0.15, -0.1) is 0 Å². The SMILES string of the molecule is Cc1ccc2c(c1)C(=O)N(CCC(=O)Nc1cnc3ccccc3c1)C2=O. The summed E-state index contributed by atoms with van der Waals surface area (Å²) in [5.74, 6) is -0.978. The van der Waals surface area contributed by atoms with Crippen molar-refractivity contribution in [3.63, 3.8) is 0 Å². The van der Waals surface area contributed by atoms with Gasteiger partial charge in [0.1, 0.15) is 0 Å². The van der Waals surface area contributed by atoms with Crippen molar-refractivity contribution in [3.05, 3.63) is 71.4 Å². The van der Waals surface area contributed by atoms with Gasteiger partial charge in [0.25, 0.3) is 11.8 Å². The second kappa shape index (κ2) is 6.64. The van der Waals surface area contributed by atoms with Crippen molar-refractivity contribution in [1.82, 2.24) is 9.88 Å². The minimum atomic E-state index is -0.352. The number of carbonyl (C=O) groups is 3. The van der Waals surface area contributed by atoms with E-state index in [0.717, 1.165) is 21.4 Å². The Labute approximate surface area is 155 Å². The van der Waals surface area contributed by atoms with Crippen LogP contribution in [0.25, 0.3) is 10.9 Å². The Morgan fingerprint density at radius 3 is 2.67 bits per heavy atom. The molecule has 0 saturated carbocycles. The van der Waals surface area contributed by atoms with E-state index >= 15 is 0 Å². The number of nitrogens with one attached hydrogen (secondary N) is 1. The number of nitrogens with zero attached hydrogens (tertiary/aromatic N) is 2. The van der Waals surface area contributed by atoms with E-state index in [1.54, 1.807) is 24.4 Å². The molecule has 0 fully saturated rings. The van der Waals surface area contributed by atoms with Gasteiger partial charge in [-0.3, -0.25) is 24.3 Å². The number of hydrogen-bond acceptors (Lipinski definition) is 4. The molecule has 1 aliphatic heterocycles. The van der Waals surface area contributed by atoms with Gasteiger partial charge in [0, 0.05) is 18.4 Å². The van der Waals surface area contributed by atoms with E-state index in [1.807, 2.05) is 37.3 Å². The average Bonchev–Trinajstić information content (AvgIpc) is 2.90. The van der Waals surface area contributed by atoms with E-state index in [-0.39, 0.29) is 30.7 Å². The summed E-state index contributed by atoms with van der Waals surface area (Å²) in [5.41, 5.74) is 3.13. The van der Waals surface area contributed by atoms with Crippen molar-refractivity contribution >= 4 is 34.3 Å². The van der Waals surface area contributed by atoms with Crippen LogP contribution in [-0.2, 0) is 4.79 Å². The van der Waals surface area contributed by atoms with Crippen molar-refractivity contribution in [2.24, 2.45) is 0 Å². The molecule has 0 aliphatic carbocycles. The highest BCUT2D eigenvalue weighted by atomic mass is 16.2. The van der Waals surface area contributed by atoms with Gasteiger partial charge in [-0.2, -0.15) is 0 Å². The van der Waals surface area contributed by atoms with Crippen LogP contribution in [0.5, 0.6) is 0 Å². The summed E-state index contributed by atoms with van der Waals surface area (Å²) in [6.45, 7) is 1.91. The normalized spacial score (nSPS) is 13.1. The number of aryl methyl sites for hydroxylation is 1. The number of imide groups is 1. The summed E-state index contributed by atoms with van der Waals surface area (Å²) in [6.07, 6.45) is 1.61. The van der Waals surface area contributed by atoms with E-state index in [2.05, 4.69) is 10.3 Å². The molecule has 1 N–H and O–H groups in total. The van der Waals surface area contributed by atoms with Crippen LogP contribution in [0.15, 0.2) is 54.7 Å². The molecule has 0 spiro atoms. The molecule has 0 radical (unpaired) electrons. The lowest BCUT2D eigenvalue weighted by molar-refractivity contribution is -0.116. The highest BCUT2D eigenvalue weighted by Crippen LogP contribution is 2.24. The number of fused-ring (bicyclic) bond motifs is 2. The molecule has 134 valence electrons. The lowest BCUT2D eigenvalue weighted by Gasteiger charge is -2.13. The Morgan fingerprint density at radius 1 is 1.04 bits per heavy atom. The first kappa shape index (κ1) is 16.9. The van der Waals surface area contributed by atoms with Gasteiger partial charge < -0.3 is 5.32 Å². The standard InChI is InChI=1S/C21H17N3O3/c1-13-6-7-16-17(10-13)21(27)24(20(16)26)9-8-19(25)23-15-11-14-4-2-3-5-18(14)22-12-15/h2-7,10-12H,8-9H2,1H3,(H,23,25). The molecule has 2 heterocycles. The van der Waals surface area contributed by atoms with Gasteiger partial charge >= 0.3 is 0 Å². The molecule has 6 nitrogen and oxygen atoms in total. The third-order valence-electron chi connectivity index (χ3n) is 4.56. The molecule has 3 amide bonds. The molecule has 0 saturated heterocycles. The maximum absolute atomic E-state index is 12.4. The van der Waals surface area contributed by atoms with E-state index in [0.29, 0.717) is 16.8 Å². The van der Waals surface area contributed by atoms with E-state index < -0.39 is 0 Å². The van der Waals surface area contributed by atoms with Crippen LogP contribution in [0.4, 0.5) is 5.69 Å². The number of carbonyl (C=O) groups excluding carboxylic acids is 3. The van der Waals surface area contributed by atoms with Crippen LogP contribution in [0.1, 0.15) is 32.7 Å². The van der Waals surface area contributed by atoms with E-state index in [1.165, 1.54) is 0 Å². The van der Waals surface area contributed by atoms with E-state index in [9.17, 15) is 14.4 Å². The minimum absolute atomic E-state index is 0.0251. The topological polar surface area (TPSA) is 79.4 Å². The fourth-order valence-electron chi connectivity index (χ4n) is 3.18. The Balaban J connectivity index is 1.42. The highest BCUT2D eigenvalue weighted by Gasteiger charge is 2.35. The first-order valence-electron chi connectivity index (χ1n) is 8.64. The Kier molecular flexibility index (Phi) is 4.16. The Hall–Kier alpha value is -3.54. The molecule has 3 aromatic rings. The quantitative estimate of drug-likeness (QED) is 0.726. The number of anilines is 1. The summed E-state index contributed by atoms with van der Waals surface area (Å²) in [6, 6.07) is 14.6. The second-order valence-electron chi connectivity index (χ2n) is 6.53.